The molecule has 0 radical (unpaired) electrons. The SMILES string of the molecule is CCC(C)(C)C(=O)Oc1ccc(C[C@H](NCC(C)OC(=O)OC2CCCCC2)C(=O)O)cc1OC(=O)C(C)(C)CC. The van der Waals surface area contributed by atoms with E-state index in [0.29, 0.717) is 18.4 Å². The molecule has 1 aromatic carbocycles. The molecule has 2 atom stereocenters. The Morgan fingerprint density at radius 3 is 2.02 bits per heavy atom. The first-order valence-electron chi connectivity index (χ1n) is 14.6. The Morgan fingerprint density at radius 2 is 1.49 bits per heavy atom. The number of esters is 2. The maximum atomic E-state index is 12.9. The second kappa shape index (κ2) is 15.2. The van der Waals surface area contributed by atoms with Crippen LogP contribution in [-0.2, 0) is 30.3 Å². The van der Waals surface area contributed by atoms with Crippen LogP contribution in [0.2, 0.25) is 0 Å². The van der Waals surface area contributed by atoms with Crippen LogP contribution < -0.4 is 14.8 Å². The lowest BCUT2D eigenvalue weighted by molar-refractivity contribution is -0.147. The number of aliphatic carboxylic acids is 1. The van der Waals surface area contributed by atoms with Crippen LogP contribution in [0.5, 0.6) is 11.5 Å². The van der Waals surface area contributed by atoms with E-state index >= 15 is 0 Å². The molecule has 2 N–H and O–H groups in total. The van der Waals surface area contributed by atoms with Gasteiger partial charge >= 0.3 is 24.1 Å². The maximum absolute atomic E-state index is 12.9. The van der Waals surface area contributed by atoms with Crippen molar-refractivity contribution in [3.05, 3.63) is 23.8 Å². The molecule has 1 fully saturated rings. The number of nitrogens with one attached hydrogen (secondary N) is 1. The quantitative estimate of drug-likeness (QED) is 0.205. The van der Waals surface area contributed by atoms with Crippen molar-refractivity contribution in [1.82, 2.24) is 5.32 Å². The summed E-state index contributed by atoms with van der Waals surface area (Å²) in [6, 6.07) is 3.62. The van der Waals surface area contributed by atoms with Crippen LogP contribution in [0, 0.1) is 10.8 Å². The Labute approximate surface area is 243 Å². The normalized spacial score (nSPS) is 15.9. The molecule has 0 saturated heterocycles. The van der Waals surface area contributed by atoms with Gasteiger partial charge in [0.25, 0.3) is 0 Å². The molecule has 10 nitrogen and oxygen atoms in total. The van der Waals surface area contributed by atoms with Gasteiger partial charge in [-0.05, 0) is 97.3 Å². The summed E-state index contributed by atoms with van der Waals surface area (Å²) >= 11 is 0. The van der Waals surface area contributed by atoms with Crippen molar-refractivity contribution >= 4 is 24.1 Å². The van der Waals surface area contributed by atoms with Crippen LogP contribution in [0.3, 0.4) is 0 Å². The molecule has 0 amide bonds. The average molecular weight is 578 g/mol. The molecule has 1 unspecified atom stereocenters. The molecule has 1 aliphatic rings. The molecule has 1 aromatic rings. The van der Waals surface area contributed by atoms with Crippen molar-refractivity contribution in [2.75, 3.05) is 6.54 Å². The van der Waals surface area contributed by atoms with Crippen molar-refractivity contribution < 1.29 is 43.2 Å². The Bertz CT molecular complexity index is 1060. The predicted octanol–water partition coefficient (Wildman–Crippen LogP) is 5.83. The van der Waals surface area contributed by atoms with Gasteiger partial charge in [-0.2, -0.15) is 0 Å². The van der Waals surface area contributed by atoms with Crippen LogP contribution in [0.1, 0.15) is 99.0 Å². The largest absolute Gasteiger partial charge is 0.508 e. The molecule has 1 aliphatic carbocycles. The number of rotatable bonds is 14. The van der Waals surface area contributed by atoms with Gasteiger partial charge in [0.05, 0.1) is 10.8 Å². The first kappa shape index (κ1) is 34.1. The fourth-order valence-corrected chi connectivity index (χ4v) is 3.95. The van der Waals surface area contributed by atoms with Crippen molar-refractivity contribution in [2.45, 2.75) is 118 Å². The van der Waals surface area contributed by atoms with E-state index in [0.717, 1.165) is 32.1 Å². The van der Waals surface area contributed by atoms with Crippen molar-refractivity contribution in [3.8, 4) is 11.5 Å². The summed E-state index contributed by atoms with van der Waals surface area (Å²) in [5.74, 6) is -1.95. The van der Waals surface area contributed by atoms with Gasteiger partial charge in [0.1, 0.15) is 18.2 Å². The highest BCUT2D eigenvalue weighted by atomic mass is 16.7. The van der Waals surface area contributed by atoms with Crippen molar-refractivity contribution in [3.63, 3.8) is 0 Å². The summed E-state index contributed by atoms with van der Waals surface area (Å²) in [7, 11) is 0. The molecular formula is C31H47NO9. The number of ether oxygens (including phenoxy) is 4. The zero-order valence-electron chi connectivity index (χ0n) is 25.5. The molecule has 230 valence electrons. The highest BCUT2D eigenvalue weighted by Gasteiger charge is 2.32. The Kier molecular flexibility index (Phi) is 12.6. The van der Waals surface area contributed by atoms with Crippen molar-refractivity contribution in [1.29, 1.82) is 0 Å². The monoisotopic (exact) mass is 577 g/mol. The van der Waals surface area contributed by atoms with Gasteiger partial charge < -0.3 is 29.4 Å². The molecule has 0 spiro atoms. The fourth-order valence-electron chi connectivity index (χ4n) is 3.95. The molecule has 41 heavy (non-hydrogen) atoms. The van der Waals surface area contributed by atoms with E-state index in [2.05, 4.69) is 5.32 Å². The van der Waals surface area contributed by atoms with E-state index < -0.39 is 47.0 Å². The first-order chi connectivity index (χ1) is 19.2. The van der Waals surface area contributed by atoms with E-state index in [1.807, 2.05) is 13.8 Å². The molecule has 0 aliphatic heterocycles. The summed E-state index contributed by atoms with van der Waals surface area (Å²) in [6.45, 7) is 12.5. The lowest BCUT2D eigenvalue weighted by atomic mass is 9.90. The van der Waals surface area contributed by atoms with E-state index in [9.17, 15) is 24.3 Å². The maximum Gasteiger partial charge on any atom is 0.508 e. The molecule has 10 heteroatoms. The summed E-state index contributed by atoms with van der Waals surface area (Å²) in [5.41, 5.74) is -0.982. The highest BCUT2D eigenvalue weighted by molar-refractivity contribution is 5.81. The third kappa shape index (κ3) is 10.6. The van der Waals surface area contributed by atoms with Gasteiger partial charge in [-0.25, -0.2) is 4.79 Å². The number of hydrogen-bond acceptors (Lipinski definition) is 9. The van der Waals surface area contributed by atoms with Crippen LogP contribution >= 0.6 is 0 Å². The molecular weight excluding hydrogens is 530 g/mol. The number of benzene rings is 1. The predicted molar refractivity (Wildman–Crippen MR) is 153 cm³/mol. The standard InChI is InChI=1S/C31H47NO9/c1-8-30(4,5)27(35)40-24-16-15-21(18-25(24)41-28(36)31(6,7)9-2)17-23(26(33)34)32-19-20(3)38-29(37)39-22-13-11-10-12-14-22/h15-16,18,20,22-23,32H,8-14,17,19H2,1-7H3,(H,33,34)/t20?,23-/m0/s1. The zero-order chi connectivity index (χ0) is 30.8. The number of carboxylic acid groups (broad SMARTS) is 1. The number of carbonyl (C=O) groups is 4. The topological polar surface area (TPSA) is 137 Å². The summed E-state index contributed by atoms with van der Waals surface area (Å²) in [6.07, 6.45) is 4.43. The smallest absolute Gasteiger partial charge is 0.480 e. The lowest BCUT2D eigenvalue weighted by Gasteiger charge is -2.24. The molecule has 1 saturated carbocycles. The first-order valence-corrected chi connectivity index (χ1v) is 14.6. The minimum absolute atomic E-state index is 0.0327. The number of hydrogen-bond donors (Lipinski definition) is 2. The van der Waals surface area contributed by atoms with E-state index in [4.69, 9.17) is 18.9 Å². The Hall–Kier alpha value is -3.14. The third-order valence-electron chi connectivity index (χ3n) is 7.79. The summed E-state index contributed by atoms with van der Waals surface area (Å²) in [5, 5.41) is 12.8. The number of carboxylic acids is 1. The molecule has 0 aromatic heterocycles. The average Bonchev–Trinajstić information content (AvgIpc) is 2.92. The van der Waals surface area contributed by atoms with Crippen molar-refractivity contribution in [2.24, 2.45) is 10.8 Å². The molecule has 0 heterocycles. The van der Waals surface area contributed by atoms with Crippen LogP contribution in [0.4, 0.5) is 4.79 Å². The summed E-state index contributed by atoms with van der Waals surface area (Å²) < 4.78 is 22.0. The number of carbonyl (C=O) groups excluding carboxylic acids is 3. The van der Waals surface area contributed by atoms with Crippen LogP contribution in [0.25, 0.3) is 0 Å². The van der Waals surface area contributed by atoms with Crippen LogP contribution in [-0.4, -0.2) is 54.0 Å². The van der Waals surface area contributed by atoms with E-state index in [-0.39, 0.29) is 30.6 Å². The van der Waals surface area contributed by atoms with Gasteiger partial charge in [0.2, 0.25) is 0 Å². The second-order valence-corrected chi connectivity index (χ2v) is 12.1. The third-order valence-corrected chi connectivity index (χ3v) is 7.79. The van der Waals surface area contributed by atoms with Gasteiger partial charge in [-0.15, -0.1) is 0 Å². The second-order valence-electron chi connectivity index (χ2n) is 12.1. The van der Waals surface area contributed by atoms with Gasteiger partial charge in [0, 0.05) is 6.54 Å². The Morgan fingerprint density at radius 1 is 0.927 bits per heavy atom. The summed E-state index contributed by atoms with van der Waals surface area (Å²) in [4.78, 5) is 49.8. The molecule has 2 rings (SSSR count). The zero-order valence-corrected chi connectivity index (χ0v) is 25.5. The highest BCUT2D eigenvalue weighted by Crippen LogP contribution is 2.34. The van der Waals surface area contributed by atoms with E-state index in [1.54, 1.807) is 40.7 Å². The Balaban J connectivity index is 2.13. The van der Waals surface area contributed by atoms with E-state index in [1.165, 1.54) is 12.1 Å². The van der Waals surface area contributed by atoms with Gasteiger partial charge in [-0.3, -0.25) is 14.4 Å². The fraction of sp³-hybridized carbons (Fsp3) is 0.677. The lowest BCUT2D eigenvalue weighted by Crippen LogP contribution is -2.43. The van der Waals surface area contributed by atoms with Crippen LogP contribution in [0.15, 0.2) is 18.2 Å². The minimum atomic E-state index is -1.10. The molecule has 0 bridgehead atoms. The van der Waals surface area contributed by atoms with Gasteiger partial charge in [-0.1, -0.05) is 26.3 Å². The minimum Gasteiger partial charge on any atom is -0.480 e. The van der Waals surface area contributed by atoms with Gasteiger partial charge in [0.15, 0.2) is 11.5 Å².